The second-order valence-corrected chi connectivity index (χ2v) is 8.53. The van der Waals surface area contributed by atoms with Crippen LogP contribution in [-0.2, 0) is 6.42 Å². The van der Waals surface area contributed by atoms with Crippen molar-refractivity contribution >= 4 is 0 Å². The summed E-state index contributed by atoms with van der Waals surface area (Å²) in [7, 11) is 2.11. The average molecular weight is 394 g/mol. The van der Waals surface area contributed by atoms with Gasteiger partial charge in [0.25, 0.3) is 0 Å². The van der Waals surface area contributed by atoms with Crippen molar-refractivity contribution in [2.45, 2.75) is 40.0 Å². The minimum Gasteiger partial charge on any atom is -0.421 e. The van der Waals surface area contributed by atoms with Crippen LogP contribution in [0, 0.1) is 35.0 Å². The standard InChI is InChI=1S/C23H31N5O/c1-16(2)21-12-19(17(3)11-20(21)15-28(4)10-6-8-24)13-22-26-27-23(29-22)18-7-5-9-25-14-18/h5,7,9,11,14,16,19-21H,6,10,12-13,15H2,1-4H3/t19-,20-,21-/m0/s1. The number of aromatic nitrogens is 3. The number of allylic oxidation sites excluding steroid dienone is 1. The Morgan fingerprint density at radius 2 is 2.17 bits per heavy atom. The highest BCUT2D eigenvalue weighted by molar-refractivity contribution is 5.49. The Morgan fingerprint density at radius 1 is 1.34 bits per heavy atom. The molecule has 0 saturated carbocycles. The summed E-state index contributed by atoms with van der Waals surface area (Å²) in [5, 5.41) is 17.3. The van der Waals surface area contributed by atoms with Gasteiger partial charge in [-0.05, 0) is 56.2 Å². The molecule has 0 aliphatic heterocycles. The van der Waals surface area contributed by atoms with Crippen LogP contribution in [0.1, 0.15) is 39.5 Å². The Bertz CT molecular complexity index is 852. The van der Waals surface area contributed by atoms with E-state index in [2.05, 4.69) is 60.0 Å². The van der Waals surface area contributed by atoms with Crippen LogP contribution in [0.5, 0.6) is 0 Å². The SMILES string of the molecule is CC1=C[C@@H](CN(C)CCC#N)[C@H](C(C)C)C[C@H]1Cc1nnc(-c2cccnc2)o1. The topological polar surface area (TPSA) is 78.8 Å². The van der Waals surface area contributed by atoms with Crippen LogP contribution in [0.2, 0.25) is 0 Å². The zero-order chi connectivity index (χ0) is 20.8. The zero-order valence-electron chi connectivity index (χ0n) is 17.9. The first-order valence-corrected chi connectivity index (χ1v) is 10.4. The van der Waals surface area contributed by atoms with Gasteiger partial charge in [0.15, 0.2) is 0 Å². The molecular weight excluding hydrogens is 362 g/mol. The molecule has 0 bridgehead atoms. The molecule has 2 aromatic rings. The lowest BCUT2D eigenvalue weighted by molar-refractivity contribution is 0.177. The van der Waals surface area contributed by atoms with Gasteiger partial charge in [-0.25, -0.2) is 0 Å². The molecular formula is C23H31N5O. The molecule has 0 unspecified atom stereocenters. The van der Waals surface area contributed by atoms with E-state index in [1.807, 2.05) is 12.1 Å². The molecule has 0 fully saturated rings. The molecule has 29 heavy (non-hydrogen) atoms. The molecule has 0 radical (unpaired) electrons. The van der Waals surface area contributed by atoms with Gasteiger partial charge < -0.3 is 9.32 Å². The maximum atomic E-state index is 8.84. The molecule has 0 amide bonds. The van der Waals surface area contributed by atoms with Gasteiger partial charge in [0.2, 0.25) is 11.8 Å². The lowest BCUT2D eigenvalue weighted by atomic mass is 9.69. The number of hydrogen-bond donors (Lipinski definition) is 0. The molecule has 0 spiro atoms. The van der Waals surface area contributed by atoms with Gasteiger partial charge in [-0.3, -0.25) is 4.98 Å². The van der Waals surface area contributed by atoms with Gasteiger partial charge in [-0.15, -0.1) is 10.2 Å². The number of pyridine rings is 1. The number of nitriles is 1. The molecule has 0 aromatic carbocycles. The fourth-order valence-electron chi connectivity index (χ4n) is 4.33. The van der Waals surface area contributed by atoms with Gasteiger partial charge >= 0.3 is 0 Å². The highest BCUT2D eigenvalue weighted by Gasteiger charge is 2.33. The van der Waals surface area contributed by atoms with E-state index in [0.717, 1.165) is 31.5 Å². The third kappa shape index (κ3) is 5.51. The Kier molecular flexibility index (Phi) is 7.16. The van der Waals surface area contributed by atoms with Crippen LogP contribution in [0.25, 0.3) is 11.5 Å². The summed E-state index contributed by atoms with van der Waals surface area (Å²) >= 11 is 0. The maximum Gasteiger partial charge on any atom is 0.249 e. The smallest absolute Gasteiger partial charge is 0.249 e. The van der Waals surface area contributed by atoms with Crippen molar-refractivity contribution < 1.29 is 4.42 Å². The minimum absolute atomic E-state index is 0.422. The molecule has 1 aliphatic carbocycles. The summed E-state index contributed by atoms with van der Waals surface area (Å²) in [6.07, 6.45) is 8.40. The van der Waals surface area contributed by atoms with Gasteiger partial charge in [0.05, 0.1) is 11.6 Å². The second-order valence-electron chi connectivity index (χ2n) is 8.53. The normalized spacial score (nSPS) is 22.0. The summed E-state index contributed by atoms with van der Waals surface area (Å²) in [4.78, 5) is 6.40. The Morgan fingerprint density at radius 3 is 2.86 bits per heavy atom. The van der Waals surface area contributed by atoms with Crippen LogP contribution >= 0.6 is 0 Å². The quantitative estimate of drug-likeness (QED) is 0.620. The first-order valence-electron chi connectivity index (χ1n) is 10.4. The van der Waals surface area contributed by atoms with E-state index in [9.17, 15) is 0 Å². The summed E-state index contributed by atoms with van der Waals surface area (Å²) in [5.74, 6) is 3.37. The Labute approximate surface area is 173 Å². The van der Waals surface area contributed by atoms with E-state index in [1.54, 1.807) is 12.4 Å². The zero-order valence-corrected chi connectivity index (χ0v) is 17.9. The van der Waals surface area contributed by atoms with Crippen molar-refractivity contribution in [2.75, 3.05) is 20.1 Å². The largest absolute Gasteiger partial charge is 0.421 e. The van der Waals surface area contributed by atoms with Gasteiger partial charge in [0.1, 0.15) is 0 Å². The van der Waals surface area contributed by atoms with Gasteiger partial charge in [-0.2, -0.15) is 5.26 Å². The first-order chi connectivity index (χ1) is 14.0. The van der Waals surface area contributed by atoms with Crippen LogP contribution < -0.4 is 0 Å². The third-order valence-electron chi connectivity index (χ3n) is 6.01. The summed E-state index contributed by atoms with van der Waals surface area (Å²) < 4.78 is 5.92. The van der Waals surface area contributed by atoms with Crippen LogP contribution in [0.15, 0.2) is 40.6 Å². The van der Waals surface area contributed by atoms with Crippen molar-refractivity contribution in [2.24, 2.45) is 23.7 Å². The molecule has 6 nitrogen and oxygen atoms in total. The van der Waals surface area contributed by atoms with Crippen LogP contribution in [0.4, 0.5) is 0 Å². The molecule has 154 valence electrons. The summed E-state index contributed by atoms with van der Waals surface area (Å²) in [5.41, 5.74) is 2.25. The monoisotopic (exact) mass is 393 g/mol. The van der Waals surface area contributed by atoms with Gasteiger partial charge in [0, 0.05) is 38.3 Å². The molecule has 0 saturated heterocycles. The number of rotatable bonds is 8. The molecule has 2 aromatic heterocycles. The molecule has 3 atom stereocenters. The molecule has 6 heteroatoms. The minimum atomic E-state index is 0.422. The van der Waals surface area contributed by atoms with Crippen molar-refractivity contribution in [3.05, 3.63) is 42.1 Å². The van der Waals surface area contributed by atoms with E-state index in [1.165, 1.54) is 5.57 Å². The highest BCUT2D eigenvalue weighted by Crippen LogP contribution is 2.39. The number of hydrogen-bond acceptors (Lipinski definition) is 6. The summed E-state index contributed by atoms with van der Waals surface area (Å²) in [6, 6.07) is 6.04. The molecule has 0 N–H and O–H groups in total. The number of nitrogens with zero attached hydrogens (tertiary/aromatic N) is 5. The predicted octanol–water partition coefficient (Wildman–Crippen LogP) is 4.37. The molecule has 3 rings (SSSR count). The average Bonchev–Trinajstić information content (AvgIpc) is 3.17. The Balaban J connectivity index is 1.70. The lowest BCUT2D eigenvalue weighted by Gasteiger charge is -2.38. The van der Waals surface area contributed by atoms with E-state index >= 15 is 0 Å². The van der Waals surface area contributed by atoms with Gasteiger partial charge in [-0.1, -0.05) is 25.5 Å². The lowest BCUT2D eigenvalue weighted by Crippen LogP contribution is -2.36. The fourth-order valence-corrected chi connectivity index (χ4v) is 4.33. The van der Waals surface area contributed by atoms with E-state index in [-0.39, 0.29) is 0 Å². The maximum absolute atomic E-state index is 8.84. The van der Waals surface area contributed by atoms with Crippen molar-refractivity contribution in [1.82, 2.24) is 20.1 Å². The van der Waals surface area contributed by atoms with E-state index in [4.69, 9.17) is 9.68 Å². The van der Waals surface area contributed by atoms with Crippen molar-refractivity contribution in [3.63, 3.8) is 0 Å². The van der Waals surface area contributed by atoms with Crippen LogP contribution in [-0.4, -0.2) is 40.2 Å². The highest BCUT2D eigenvalue weighted by atomic mass is 16.4. The van der Waals surface area contributed by atoms with Crippen LogP contribution in [0.3, 0.4) is 0 Å². The van der Waals surface area contributed by atoms with Crippen molar-refractivity contribution in [1.29, 1.82) is 5.26 Å². The predicted molar refractivity (Wildman–Crippen MR) is 113 cm³/mol. The molecule has 1 aliphatic rings. The summed E-state index contributed by atoms with van der Waals surface area (Å²) in [6.45, 7) is 8.67. The van der Waals surface area contributed by atoms with E-state index in [0.29, 0.717) is 41.9 Å². The second kappa shape index (κ2) is 9.80. The third-order valence-corrected chi connectivity index (χ3v) is 6.01. The first kappa shape index (κ1) is 21.2. The fraction of sp³-hybridized carbons (Fsp3) is 0.565. The van der Waals surface area contributed by atoms with E-state index < -0.39 is 0 Å². The molecule has 2 heterocycles. The Hall–Kier alpha value is -2.52. The van der Waals surface area contributed by atoms with Crippen molar-refractivity contribution in [3.8, 4) is 17.5 Å².